The van der Waals surface area contributed by atoms with Gasteiger partial charge in [-0.1, -0.05) is 6.07 Å². The van der Waals surface area contributed by atoms with Crippen LogP contribution in [0.5, 0.6) is 11.5 Å². The molecule has 0 atom stereocenters. The number of hydrogen-bond acceptors (Lipinski definition) is 2. The minimum Gasteiger partial charge on any atom is -0.477 e. The molecule has 0 unspecified atom stereocenters. The van der Waals surface area contributed by atoms with Gasteiger partial charge in [0.05, 0.1) is 5.56 Å². The highest BCUT2D eigenvalue weighted by Gasteiger charge is 2.30. The second-order valence-electron chi connectivity index (χ2n) is 4.04. The fourth-order valence-corrected chi connectivity index (χ4v) is 1.64. The molecule has 1 N–H and O–H groups in total. The van der Waals surface area contributed by atoms with Crippen LogP contribution in [0.3, 0.4) is 0 Å². The molecule has 0 aliphatic carbocycles. The first-order valence-corrected chi connectivity index (χ1v) is 5.66. The fourth-order valence-electron chi connectivity index (χ4n) is 1.64. The molecular formula is C14H8F4O3. The summed E-state index contributed by atoms with van der Waals surface area (Å²) in [6, 6.07) is 7.03. The molecule has 21 heavy (non-hydrogen) atoms. The van der Waals surface area contributed by atoms with Crippen LogP contribution >= 0.6 is 0 Å². The highest BCUT2D eigenvalue weighted by molar-refractivity contribution is 5.91. The number of alkyl halides is 3. The first-order valence-electron chi connectivity index (χ1n) is 5.66. The number of halogens is 4. The van der Waals surface area contributed by atoms with Crippen LogP contribution in [-0.4, -0.2) is 11.1 Å². The van der Waals surface area contributed by atoms with Crippen LogP contribution in [0.1, 0.15) is 15.9 Å². The predicted octanol–water partition coefficient (Wildman–Crippen LogP) is 4.34. The number of carbonyl (C=O) groups is 1. The standard InChI is InChI=1S/C14H8F4O3/c15-10-2-1-3-11(12(10)13(19)20)21-9-6-4-8(5-7-9)14(16,17)18/h1-7H,(H,19,20). The molecule has 0 saturated heterocycles. The number of ether oxygens (including phenoxy) is 1. The van der Waals surface area contributed by atoms with Crippen molar-refractivity contribution < 1.29 is 32.2 Å². The highest BCUT2D eigenvalue weighted by Crippen LogP contribution is 2.32. The summed E-state index contributed by atoms with van der Waals surface area (Å²) in [7, 11) is 0. The Labute approximate surface area is 116 Å². The van der Waals surface area contributed by atoms with E-state index in [4.69, 9.17) is 9.84 Å². The third-order valence-corrected chi connectivity index (χ3v) is 2.60. The van der Waals surface area contributed by atoms with Crippen LogP contribution in [0.15, 0.2) is 42.5 Å². The van der Waals surface area contributed by atoms with Crippen LogP contribution in [0.4, 0.5) is 17.6 Å². The van der Waals surface area contributed by atoms with Gasteiger partial charge in [-0.25, -0.2) is 9.18 Å². The molecule has 0 radical (unpaired) electrons. The first kappa shape index (κ1) is 14.8. The lowest BCUT2D eigenvalue weighted by molar-refractivity contribution is -0.137. The van der Waals surface area contributed by atoms with E-state index in [1.165, 1.54) is 12.1 Å². The van der Waals surface area contributed by atoms with Crippen molar-refractivity contribution in [2.45, 2.75) is 6.18 Å². The van der Waals surface area contributed by atoms with Crippen molar-refractivity contribution in [1.82, 2.24) is 0 Å². The lowest BCUT2D eigenvalue weighted by Gasteiger charge is -2.11. The van der Waals surface area contributed by atoms with Gasteiger partial charge in [-0.3, -0.25) is 0 Å². The summed E-state index contributed by atoms with van der Waals surface area (Å²) < 4.78 is 55.7. The predicted molar refractivity (Wildman–Crippen MR) is 64.9 cm³/mol. The number of aromatic carboxylic acids is 1. The van der Waals surface area contributed by atoms with E-state index in [1.807, 2.05) is 0 Å². The van der Waals surface area contributed by atoms with E-state index in [0.29, 0.717) is 0 Å². The van der Waals surface area contributed by atoms with E-state index in [-0.39, 0.29) is 11.5 Å². The first-order chi connectivity index (χ1) is 9.79. The molecule has 2 aromatic rings. The summed E-state index contributed by atoms with van der Waals surface area (Å²) >= 11 is 0. The lowest BCUT2D eigenvalue weighted by Crippen LogP contribution is -2.05. The molecule has 0 saturated carbocycles. The summed E-state index contributed by atoms with van der Waals surface area (Å²) in [6.45, 7) is 0. The molecule has 0 aliphatic rings. The second-order valence-corrected chi connectivity index (χ2v) is 4.04. The van der Waals surface area contributed by atoms with Gasteiger partial charge in [-0.15, -0.1) is 0 Å². The van der Waals surface area contributed by atoms with Crippen LogP contribution < -0.4 is 4.74 Å². The summed E-state index contributed by atoms with van der Waals surface area (Å²) in [5.41, 5.74) is -1.55. The maximum absolute atomic E-state index is 13.4. The van der Waals surface area contributed by atoms with Crippen LogP contribution in [-0.2, 0) is 6.18 Å². The smallest absolute Gasteiger partial charge is 0.416 e. The number of carboxylic acid groups (broad SMARTS) is 1. The Morgan fingerprint density at radius 1 is 1.05 bits per heavy atom. The van der Waals surface area contributed by atoms with E-state index in [0.717, 1.165) is 30.3 Å². The molecule has 7 heteroatoms. The Bertz CT molecular complexity index is 663. The van der Waals surface area contributed by atoms with Gasteiger partial charge >= 0.3 is 12.1 Å². The second kappa shape index (κ2) is 5.43. The van der Waals surface area contributed by atoms with E-state index in [2.05, 4.69) is 0 Å². The Kier molecular flexibility index (Phi) is 3.84. The fraction of sp³-hybridized carbons (Fsp3) is 0.0714. The van der Waals surface area contributed by atoms with Gasteiger partial charge in [0.15, 0.2) is 0 Å². The number of rotatable bonds is 3. The van der Waals surface area contributed by atoms with Gasteiger partial charge in [0, 0.05) is 0 Å². The van der Waals surface area contributed by atoms with Gasteiger partial charge in [0.2, 0.25) is 0 Å². The van der Waals surface area contributed by atoms with E-state index in [1.54, 1.807) is 0 Å². The van der Waals surface area contributed by atoms with Crippen molar-refractivity contribution in [1.29, 1.82) is 0 Å². The van der Waals surface area contributed by atoms with E-state index >= 15 is 0 Å². The molecule has 2 rings (SSSR count). The molecule has 0 aromatic heterocycles. The Morgan fingerprint density at radius 2 is 1.67 bits per heavy atom. The molecule has 3 nitrogen and oxygen atoms in total. The van der Waals surface area contributed by atoms with Gasteiger partial charge in [0.25, 0.3) is 0 Å². The third-order valence-electron chi connectivity index (χ3n) is 2.60. The monoisotopic (exact) mass is 300 g/mol. The average molecular weight is 300 g/mol. The van der Waals surface area contributed by atoms with Crippen molar-refractivity contribution in [3.8, 4) is 11.5 Å². The quantitative estimate of drug-likeness (QED) is 0.858. The van der Waals surface area contributed by atoms with Crippen molar-refractivity contribution in [2.75, 3.05) is 0 Å². The average Bonchev–Trinajstić information content (AvgIpc) is 2.38. The maximum atomic E-state index is 13.4. The van der Waals surface area contributed by atoms with Crippen molar-refractivity contribution >= 4 is 5.97 Å². The number of benzene rings is 2. The summed E-state index contributed by atoms with van der Waals surface area (Å²) in [5.74, 6) is -2.85. The molecule has 0 amide bonds. The molecule has 0 aliphatic heterocycles. The van der Waals surface area contributed by atoms with Crippen LogP contribution in [0, 0.1) is 5.82 Å². The van der Waals surface area contributed by atoms with Gasteiger partial charge in [-0.05, 0) is 36.4 Å². The van der Waals surface area contributed by atoms with Crippen molar-refractivity contribution in [3.63, 3.8) is 0 Å². The molecular weight excluding hydrogens is 292 g/mol. The Hall–Kier alpha value is -2.57. The normalized spacial score (nSPS) is 11.2. The van der Waals surface area contributed by atoms with Gasteiger partial charge in [0.1, 0.15) is 22.9 Å². The van der Waals surface area contributed by atoms with Gasteiger partial charge in [-0.2, -0.15) is 13.2 Å². The zero-order valence-electron chi connectivity index (χ0n) is 10.3. The lowest BCUT2D eigenvalue weighted by atomic mass is 10.2. The Morgan fingerprint density at radius 3 is 2.19 bits per heavy atom. The number of carboxylic acids is 1. The summed E-state index contributed by atoms with van der Waals surface area (Å²) in [4.78, 5) is 10.9. The van der Waals surface area contributed by atoms with E-state index in [9.17, 15) is 22.4 Å². The molecule has 0 spiro atoms. The topological polar surface area (TPSA) is 46.5 Å². The zero-order chi connectivity index (χ0) is 15.6. The third kappa shape index (κ3) is 3.31. The van der Waals surface area contributed by atoms with Crippen molar-refractivity contribution in [2.24, 2.45) is 0 Å². The van der Waals surface area contributed by atoms with Gasteiger partial charge < -0.3 is 9.84 Å². The molecule has 110 valence electrons. The van der Waals surface area contributed by atoms with Crippen LogP contribution in [0.25, 0.3) is 0 Å². The highest BCUT2D eigenvalue weighted by atomic mass is 19.4. The minimum absolute atomic E-state index is 0.0314. The van der Waals surface area contributed by atoms with E-state index < -0.39 is 29.1 Å². The summed E-state index contributed by atoms with van der Waals surface area (Å²) in [6.07, 6.45) is -4.48. The summed E-state index contributed by atoms with van der Waals surface area (Å²) in [5, 5.41) is 8.91. The van der Waals surface area contributed by atoms with Crippen LogP contribution in [0.2, 0.25) is 0 Å². The maximum Gasteiger partial charge on any atom is 0.416 e. The Balaban J connectivity index is 2.31. The van der Waals surface area contributed by atoms with Crippen molar-refractivity contribution in [3.05, 3.63) is 59.4 Å². The molecule has 0 bridgehead atoms. The molecule has 0 heterocycles. The minimum atomic E-state index is -4.48. The zero-order valence-corrected chi connectivity index (χ0v) is 10.3. The largest absolute Gasteiger partial charge is 0.477 e. The molecule has 0 fully saturated rings. The molecule has 2 aromatic carbocycles. The SMILES string of the molecule is O=C(O)c1c(F)cccc1Oc1ccc(C(F)(F)F)cc1. The number of hydrogen-bond donors (Lipinski definition) is 1.